The molecule has 0 aromatic heterocycles. The highest BCUT2D eigenvalue weighted by Gasteiger charge is 2.45. The van der Waals surface area contributed by atoms with Crippen LogP contribution in [0, 0.1) is 11.3 Å². The van der Waals surface area contributed by atoms with E-state index in [2.05, 4.69) is 19.2 Å². The van der Waals surface area contributed by atoms with Crippen LogP contribution in [0.5, 0.6) is 11.5 Å². The first-order valence-corrected chi connectivity index (χ1v) is 9.16. The number of aliphatic carboxylic acids is 1. The molecule has 26 heavy (non-hydrogen) atoms. The van der Waals surface area contributed by atoms with Crippen LogP contribution in [0.1, 0.15) is 51.5 Å². The Morgan fingerprint density at radius 3 is 2.54 bits per heavy atom. The molecule has 1 aromatic carbocycles. The van der Waals surface area contributed by atoms with E-state index in [1.54, 1.807) is 7.11 Å². The summed E-state index contributed by atoms with van der Waals surface area (Å²) in [5.41, 5.74) is 0.0139. The summed E-state index contributed by atoms with van der Waals surface area (Å²) in [5.74, 6) is 0.774. The van der Waals surface area contributed by atoms with Crippen LogP contribution >= 0.6 is 0 Å². The lowest BCUT2D eigenvalue weighted by atomic mass is 9.66. The number of amides is 1. The summed E-state index contributed by atoms with van der Waals surface area (Å²) in [7, 11) is 1.58. The summed E-state index contributed by atoms with van der Waals surface area (Å²) in [4.78, 5) is 23.5. The minimum absolute atomic E-state index is 0.0376. The Labute approximate surface area is 154 Å². The number of methoxy groups -OCH3 is 1. The van der Waals surface area contributed by atoms with Crippen molar-refractivity contribution < 1.29 is 24.2 Å². The zero-order valence-electron chi connectivity index (χ0n) is 15.8. The van der Waals surface area contributed by atoms with Crippen molar-refractivity contribution in [2.45, 2.75) is 52.5 Å². The van der Waals surface area contributed by atoms with E-state index in [1.165, 1.54) is 0 Å². The lowest BCUT2D eigenvalue weighted by molar-refractivity contribution is -0.157. The molecule has 1 fully saturated rings. The van der Waals surface area contributed by atoms with Crippen molar-refractivity contribution in [2.24, 2.45) is 11.3 Å². The number of carbonyl (C=O) groups excluding carboxylic acids is 1. The Kier molecular flexibility index (Phi) is 6.89. The fourth-order valence-electron chi connectivity index (χ4n) is 2.99. The van der Waals surface area contributed by atoms with E-state index in [9.17, 15) is 14.7 Å². The minimum atomic E-state index is -0.872. The second kappa shape index (κ2) is 8.92. The summed E-state index contributed by atoms with van der Waals surface area (Å²) in [5, 5.41) is 12.1. The Hall–Kier alpha value is -2.24. The number of benzene rings is 1. The molecule has 1 aromatic rings. The van der Waals surface area contributed by atoms with Crippen molar-refractivity contribution in [2.75, 3.05) is 13.7 Å². The molecule has 1 saturated carbocycles. The molecule has 0 spiro atoms. The van der Waals surface area contributed by atoms with E-state index in [4.69, 9.17) is 9.47 Å². The van der Waals surface area contributed by atoms with Gasteiger partial charge in [0.05, 0.1) is 19.1 Å². The molecule has 144 valence electrons. The number of carboxylic acids is 1. The molecule has 1 amide bonds. The predicted molar refractivity (Wildman–Crippen MR) is 98.3 cm³/mol. The number of nitrogens with one attached hydrogen (secondary N) is 1. The van der Waals surface area contributed by atoms with E-state index in [-0.39, 0.29) is 12.3 Å². The van der Waals surface area contributed by atoms with Crippen LogP contribution < -0.4 is 14.8 Å². The van der Waals surface area contributed by atoms with Gasteiger partial charge in [0.25, 0.3) is 0 Å². The van der Waals surface area contributed by atoms with Gasteiger partial charge in [-0.2, -0.15) is 0 Å². The first kappa shape index (κ1) is 20.1. The second-order valence-electron chi connectivity index (χ2n) is 7.41. The van der Waals surface area contributed by atoms with Crippen molar-refractivity contribution in [1.29, 1.82) is 0 Å². The fraction of sp³-hybridized carbons (Fsp3) is 0.600. The van der Waals surface area contributed by atoms with Crippen LogP contribution in [-0.2, 0) is 16.1 Å². The molecule has 0 radical (unpaired) electrons. The molecule has 0 atom stereocenters. The topological polar surface area (TPSA) is 84.9 Å². The smallest absolute Gasteiger partial charge is 0.310 e. The highest BCUT2D eigenvalue weighted by atomic mass is 16.5. The van der Waals surface area contributed by atoms with Gasteiger partial charge in [-0.1, -0.05) is 26.3 Å². The number of hydrogen-bond donors (Lipinski definition) is 2. The number of carboxylic acid groups (broad SMARTS) is 1. The average Bonchev–Trinajstić information content (AvgIpc) is 2.56. The lowest BCUT2D eigenvalue weighted by Crippen LogP contribution is -2.42. The Bertz CT molecular complexity index is 637. The fourth-order valence-corrected chi connectivity index (χ4v) is 2.99. The Morgan fingerprint density at radius 2 is 2.00 bits per heavy atom. The Morgan fingerprint density at radius 1 is 1.27 bits per heavy atom. The van der Waals surface area contributed by atoms with Crippen molar-refractivity contribution in [3.8, 4) is 11.5 Å². The maximum Gasteiger partial charge on any atom is 0.310 e. The van der Waals surface area contributed by atoms with Gasteiger partial charge in [0.15, 0.2) is 11.5 Å². The molecule has 0 unspecified atom stereocenters. The maximum absolute atomic E-state index is 12.1. The molecular weight excluding hydrogens is 334 g/mol. The van der Waals surface area contributed by atoms with Gasteiger partial charge < -0.3 is 19.9 Å². The summed E-state index contributed by atoms with van der Waals surface area (Å²) < 4.78 is 11.1. The predicted octanol–water partition coefficient (Wildman–Crippen LogP) is 3.38. The number of rotatable bonds is 10. The van der Waals surface area contributed by atoms with Gasteiger partial charge in [0.1, 0.15) is 0 Å². The zero-order valence-corrected chi connectivity index (χ0v) is 15.8. The number of hydrogen-bond acceptors (Lipinski definition) is 4. The third-order valence-corrected chi connectivity index (χ3v) is 4.93. The molecule has 6 heteroatoms. The second-order valence-corrected chi connectivity index (χ2v) is 7.41. The van der Waals surface area contributed by atoms with Crippen molar-refractivity contribution in [3.63, 3.8) is 0 Å². The van der Waals surface area contributed by atoms with Crippen molar-refractivity contribution in [3.05, 3.63) is 23.8 Å². The van der Waals surface area contributed by atoms with E-state index in [0.29, 0.717) is 43.4 Å². The molecule has 2 rings (SSSR count). The highest BCUT2D eigenvalue weighted by molar-refractivity contribution is 5.85. The third kappa shape index (κ3) is 5.13. The van der Waals surface area contributed by atoms with Crippen LogP contribution in [0.4, 0.5) is 0 Å². The summed E-state index contributed by atoms with van der Waals surface area (Å²) >= 11 is 0. The van der Waals surface area contributed by atoms with Gasteiger partial charge in [0.2, 0.25) is 5.91 Å². The number of ether oxygens (including phenoxy) is 2. The van der Waals surface area contributed by atoms with Crippen molar-refractivity contribution in [1.82, 2.24) is 5.32 Å². The molecule has 1 aliphatic carbocycles. The SMILES string of the molecule is COc1cc(CNC(=O)CC2(C(=O)O)CCC2)ccc1OCCC(C)C. The first-order valence-electron chi connectivity index (χ1n) is 9.16. The van der Waals surface area contributed by atoms with Crippen molar-refractivity contribution >= 4 is 11.9 Å². The minimum Gasteiger partial charge on any atom is -0.493 e. The monoisotopic (exact) mass is 363 g/mol. The quantitative estimate of drug-likeness (QED) is 0.666. The van der Waals surface area contributed by atoms with Crippen LogP contribution in [0.25, 0.3) is 0 Å². The Balaban J connectivity index is 1.89. The molecule has 0 aliphatic heterocycles. The highest BCUT2D eigenvalue weighted by Crippen LogP contribution is 2.44. The van der Waals surface area contributed by atoms with E-state index < -0.39 is 11.4 Å². The molecule has 0 saturated heterocycles. The van der Waals surface area contributed by atoms with Crippen LogP contribution in [0.15, 0.2) is 18.2 Å². The maximum atomic E-state index is 12.1. The molecule has 0 bridgehead atoms. The molecule has 6 nitrogen and oxygen atoms in total. The summed E-state index contributed by atoms with van der Waals surface area (Å²) in [6.45, 7) is 5.24. The molecule has 1 aliphatic rings. The molecule has 2 N–H and O–H groups in total. The first-order chi connectivity index (χ1) is 12.4. The normalized spacial score (nSPS) is 15.2. The number of carbonyl (C=O) groups is 2. The van der Waals surface area contributed by atoms with Crippen LogP contribution in [0.3, 0.4) is 0 Å². The third-order valence-electron chi connectivity index (χ3n) is 4.93. The summed E-state index contributed by atoms with van der Waals surface area (Å²) in [6.07, 6.45) is 3.02. The van der Waals surface area contributed by atoms with Crippen LogP contribution in [0.2, 0.25) is 0 Å². The van der Waals surface area contributed by atoms with Crippen LogP contribution in [-0.4, -0.2) is 30.7 Å². The average molecular weight is 363 g/mol. The van der Waals surface area contributed by atoms with Gasteiger partial charge in [0, 0.05) is 13.0 Å². The van der Waals surface area contributed by atoms with Gasteiger partial charge in [-0.15, -0.1) is 0 Å². The van der Waals surface area contributed by atoms with Gasteiger partial charge in [-0.25, -0.2) is 0 Å². The standard InChI is InChI=1S/C20H29NO5/c1-14(2)7-10-26-16-6-5-15(11-17(16)25-3)13-21-18(22)12-20(19(23)24)8-4-9-20/h5-6,11,14H,4,7-10,12-13H2,1-3H3,(H,21,22)(H,23,24). The van der Waals surface area contributed by atoms with Gasteiger partial charge in [-0.3, -0.25) is 9.59 Å². The molecule has 0 heterocycles. The lowest BCUT2D eigenvalue weighted by Gasteiger charge is -2.36. The summed E-state index contributed by atoms with van der Waals surface area (Å²) in [6, 6.07) is 5.55. The molecular formula is C20H29NO5. The van der Waals surface area contributed by atoms with Gasteiger partial charge in [-0.05, 0) is 42.9 Å². The zero-order chi connectivity index (χ0) is 19.2. The van der Waals surface area contributed by atoms with E-state index in [1.807, 2.05) is 18.2 Å². The van der Waals surface area contributed by atoms with E-state index >= 15 is 0 Å². The van der Waals surface area contributed by atoms with Gasteiger partial charge >= 0.3 is 5.97 Å². The van der Waals surface area contributed by atoms with E-state index in [0.717, 1.165) is 18.4 Å². The largest absolute Gasteiger partial charge is 0.493 e.